The fraction of sp³-hybridized carbons (Fsp3) is 0.765. The van der Waals surface area contributed by atoms with Crippen molar-refractivity contribution < 1.29 is 31.7 Å². The standard InChI is InChI=1S/C17H29NO3.Cu/c1-4-5-6-7-8-9-10-11-12-13-14-21-17(20)16(18-3)15(2)19;/h19H,4-14H2,1-2H3;/b16-15+;. The minimum absolute atomic E-state index is 0. The molecule has 131 valence electrons. The van der Waals surface area contributed by atoms with E-state index in [1.807, 2.05) is 0 Å². The predicted molar refractivity (Wildman–Crippen MR) is 84.7 cm³/mol. The van der Waals surface area contributed by atoms with E-state index in [2.05, 4.69) is 11.8 Å². The van der Waals surface area contributed by atoms with Crippen molar-refractivity contribution in [3.8, 4) is 0 Å². The van der Waals surface area contributed by atoms with Gasteiger partial charge in [0, 0.05) is 17.1 Å². The molecule has 0 aliphatic rings. The first kappa shape index (κ1) is 23.3. The molecule has 0 bridgehead atoms. The van der Waals surface area contributed by atoms with Crippen LogP contribution in [0.3, 0.4) is 0 Å². The second kappa shape index (κ2) is 16.4. The number of aliphatic hydroxyl groups is 1. The topological polar surface area (TPSA) is 50.9 Å². The van der Waals surface area contributed by atoms with Crippen LogP contribution in [0.2, 0.25) is 0 Å². The molecule has 0 saturated heterocycles. The van der Waals surface area contributed by atoms with Crippen molar-refractivity contribution in [2.24, 2.45) is 0 Å². The number of hydrogen-bond donors (Lipinski definition) is 1. The van der Waals surface area contributed by atoms with Crippen LogP contribution >= 0.6 is 0 Å². The molecule has 0 aromatic carbocycles. The first-order valence-electron chi connectivity index (χ1n) is 8.07. The molecule has 0 unspecified atom stereocenters. The molecule has 0 amide bonds. The molecule has 22 heavy (non-hydrogen) atoms. The molecule has 0 fully saturated rings. The molecular weight excluding hydrogens is 330 g/mol. The van der Waals surface area contributed by atoms with Crippen LogP contribution in [0, 0.1) is 6.57 Å². The summed E-state index contributed by atoms with van der Waals surface area (Å²) in [5, 5.41) is 9.12. The van der Waals surface area contributed by atoms with Crippen molar-refractivity contribution in [1.29, 1.82) is 0 Å². The maximum absolute atomic E-state index is 11.4. The molecule has 0 aromatic rings. The van der Waals surface area contributed by atoms with E-state index in [0.29, 0.717) is 6.61 Å². The van der Waals surface area contributed by atoms with Gasteiger partial charge in [-0.3, -0.25) is 4.79 Å². The Balaban J connectivity index is 0. The predicted octanol–water partition coefficient (Wildman–Crippen LogP) is 5.16. The Labute approximate surface area is 145 Å². The average molecular weight is 359 g/mol. The van der Waals surface area contributed by atoms with Crippen LogP contribution < -0.4 is 0 Å². The summed E-state index contributed by atoms with van der Waals surface area (Å²) in [5.41, 5.74) is -0.318. The summed E-state index contributed by atoms with van der Waals surface area (Å²) in [6.45, 7) is 10.6. The summed E-state index contributed by atoms with van der Waals surface area (Å²) in [7, 11) is 0. The van der Waals surface area contributed by atoms with E-state index < -0.39 is 5.97 Å². The number of carbonyl (C=O) groups excluding carboxylic acids is 1. The van der Waals surface area contributed by atoms with Crippen molar-refractivity contribution in [1.82, 2.24) is 0 Å². The molecule has 0 spiro atoms. The summed E-state index contributed by atoms with van der Waals surface area (Å²) in [5.74, 6) is -1.00. The van der Waals surface area contributed by atoms with Gasteiger partial charge in [-0.15, -0.1) is 0 Å². The molecule has 1 N–H and O–H groups in total. The van der Waals surface area contributed by atoms with Gasteiger partial charge in [0.05, 0.1) is 13.2 Å². The third kappa shape index (κ3) is 12.7. The molecule has 0 saturated carbocycles. The Bertz CT molecular complexity index is 357. The monoisotopic (exact) mass is 358 g/mol. The SMILES string of the molecule is [C-]#[N+]/C(C(=O)OCCCCCCCCCCCC)=C(\C)O.[Cu]. The van der Waals surface area contributed by atoms with Crippen molar-refractivity contribution >= 4 is 5.97 Å². The van der Waals surface area contributed by atoms with Crippen LogP contribution in [0.4, 0.5) is 0 Å². The van der Waals surface area contributed by atoms with Gasteiger partial charge in [0.25, 0.3) is 0 Å². The molecule has 4 nitrogen and oxygen atoms in total. The molecule has 1 radical (unpaired) electrons. The van der Waals surface area contributed by atoms with Gasteiger partial charge in [0.2, 0.25) is 0 Å². The maximum Gasteiger partial charge on any atom is 0.339 e. The number of allylic oxidation sites excluding steroid dienone is 1. The molecule has 0 atom stereocenters. The van der Waals surface area contributed by atoms with E-state index in [9.17, 15) is 4.79 Å². The molecule has 0 aromatic heterocycles. The minimum Gasteiger partial charge on any atom is -0.523 e. The Hall–Kier alpha value is -0.981. The third-order valence-electron chi connectivity index (χ3n) is 3.38. The van der Waals surface area contributed by atoms with Crippen LogP contribution in [0.1, 0.15) is 78.1 Å². The molecule has 0 rings (SSSR count). The van der Waals surface area contributed by atoms with Gasteiger partial charge in [-0.1, -0.05) is 64.7 Å². The largest absolute Gasteiger partial charge is 0.523 e. The second-order valence-electron chi connectivity index (χ2n) is 5.36. The Morgan fingerprint density at radius 3 is 1.86 bits per heavy atom. The average Bonchev–Trinajstić information content (AvgIpc) is 2.45. The first-order valence-corrected chi connectivity index (χ1v) is 8.07. The zero-order chi connectivity index (χ0) is 15.9. The van der Waals surface area contributed by atoms with Gasteiger partial charge in [-0.2, -0.15) is 0 Å². The quantitative estimate of drug-likeness (QED) is 0.131. The number of nitrogens with zero attached hydrogens (tertiary/aromatic N) is 1. The molecule has 5 heteroatoms. The molecule has 0 aliphatic heterocycles. The number of esters is 1. The fourth-order valence-corrected chi connectivity index (χ4v) is 2.10. The Morgan fingerprint density at radius 2 is 1.45 bits per heavy atom. The van der Waals surface area contributed by atoms with Crippen LogP contribution in [0.5, 0.6) is 0 Å². The van der Waals surface area contributed by atoms with Crippen molar-refractivity contribution in [2.45, 2.75) is 78.1 Å². The number of ether oxygens (including phenoxy) is 1. The zero-order valence-electron chi connectivity index (χ0n) is 13.8. The molecule has 0 heterocycles. The van der Waals surface area contributed by atoms with E-state index >= 15 is 0 Å². The summed E-state index contributed by atoms with van der Waals surface area (Å²) < 4.78 is 4.96. The molecule has 0 aliphatic carbocycles. The Morgan fingerprint density at radius 1 is 1.00 bits per heavy atom. The summed E-state index contributed by atoms with van der Waals surface area (Å²) >= 11 is 0. The summed E-state index contributed by atoms with van der Waals surface area (Å²) in [6, 6.07) is 0. The normalized spacial score (nSPS) is 11.1. The number of carbonyl (C=O) groups is 1. The van der Waals surface area contributed by atoms with Gasteiger partial charge in [0.1, 0.15) is 5.76 Å². The van der Waals surface area contributed by atoms with Gasteiger partial charge in [-0.25, -0.2) is 4.85 Å². The molecular formula is C17H29CuNO3. The van der Waals surface area contributed by atoms with Gasteiger partial charge < -0.3 is 9.84 Å². The van der Waals surface area contributed by atoms with Crippen LogP contribution in [-0.2, 0) is 26.6 Å². The maximum atomic E-state index is 11.4. The second-order valence-corrected chi connectivity index (χ2v) is 5.36. The zero-order valence-corrected chi connectivity index (χ0v) is 14.7. The van der Waals surface area contributed by atoms with Crippen molar-refractivity contribution in [3.05, 3.63) is 22.9 Å². The first-order chi connectivity index (χ1) is 10.1. The Kier molecular flexibility index (Phi) is 17.4. The van der Waals surface area contributed by atoms with Crippen molar-refractivity contribution in [3.63, 3.8) is 0 Å². The smallest absolute Gasteiger partial charge is 0.339 e. The van der Waals surface area contributed by atoms with Crippen LogP contribution in [0.15, 0.2) is 11.5 Å². The summed E-state index contributed by atoms with van der Waals surface area (Å²) in [4.78, 5) is 14.4. The van der Waals surface area contributed by atoms with Gasteiger partial charge in [0.15, 0.2) is 0 Å². The van der Waals surface area contributed by atoms with Crippen LogP contribution in [0.25, 0.3) is 4.85 Å². The van der Waals surface area contributed by atoms with E-state index in [4.69, 9.17) is 16.4 Å². The minimum atomic E-state index is -0.721. The number of unbranched alkanes of at least 4 members (excludes halogenated alkanes) is 9. The van der Waals surface area contributed by atoms with E-state index in [1.165, 1.54) is 51.9 Å². The van der Waals surface area contributed by atoms with E-state index in [1.54, 1.807) is 0 Å². The number of rotatable bonds is 12. The number of hydrogen-bond acceptors (Lipinski definition) is 3. The van der Waals surface area contributed by atoms with E-state index in [-0.39, 0.29) is 28.5 Å². The third-order valence-corrected chi connectivity index (χ3v) is 3.38. The van der Waals surface area contributed by atoms with Crippen LogP contribution in [-0.4, -0.2) is 17.7 Å². The fourth-order valence-electron chi connectivity index (χ4n) is 2.10. The summed E-state index contributed by atoms with van der Waals surface area (Å²) in [6.07, 6.45) is 12.2. The van der Waals surface area contributed by atoms with Gasteiger partial charge in [-0.05, 0) is 13.3 Å². The van der Waals surface area contributed by atoms with Crippen molar-refractivity contribution in [2.75, 3.05) is 6.61 Å². The number of aliphatic hydroxyl groups excluding tert-OH is 1. The van der Waals surface area contributed by atoms with E-state index in [0.717, 1.165) is 19.3 Å². The van der Waals surface area contributed by atoms with Gasteiger partial charge >= 0.3 is 11.7 Å².